The van der Waals surface area contributed by atoms with Crippen molar-refractivity contribution in [3.05, 3.63) is 75.6 Å². The topological polar surface area (TPSA) is 82.2 Å². The summed E-state index contributed by atoms with van der Waals surface area (Å²) in [6, 6.07) is 13.0. The van der Waals surface area contributed by atoms with Crippen molar-refractivity contribution in [2.24, 2.45) is 0 Å². The third kappa shape index (κ3) is 3.70. The van der Waals surface area contributed by atoms with Crippen LogP contribution in [0.15, 0.2) is 53.5 Å². The van der Waals surface area contributed by atoms with Crippen LogP contribution in [0, 0.1) is 0 Å². The smallest absolute Gasteiger partial charge is 0.545 e. The van der Waals surface area contributed by atoms with Gasteiger partial charge in [0.2, 0.25) is 0 Å². The quantitative estimate of drug-likeness (QED) is 0.590. The summed E-state index contributed by atoms with van der Waals surface area (Å²) in [5, 5.41) is 11.3. The Morgan fingerprint density at radius 2 is 1.79 bits per heavy atom. The van der Waals surface area contributed by atoms with Crippen LogP contribution in [0.3, 0.4) is 0 Å². The first-order valence-corrected chi connectivity index (χ1v) is 7.07. The molecule has 0 aliphatic rings. The molecule has 0 fully saturated rings. The normalized spacial score (nSPS) is 10.2. The number of carboxylic acids is 1. The van der Waals surface area contributed by atoms with Gasteiger partial charge in [0.05, 0.1) is 18.6 Å². The summed E-state index contributed by atoms with van der Waals surface area (Å²) < 4.78 is 5.12. The van der Waals surface area contributed by atoms with Crippen LogP contribution in [0.1, 0.15) is 21.5 Å². The average molecular weight is 331 g/mol. The SMILES string of the molecule is COc1ccc(Cc2ccc3[nH]cc(C(=O)[O-])c(=O)c3c2)cc1.[Na+]. The molecule has 6 heteroatoms. The van der Waals surface area contributed by atoms with E-state index in [2.05, 4.69) is 4.98 Å². The van der Waals surface area contributed by atoms with Crippen molar-refractivity contribution in [3.8, 4) is 5.75 Å². The minimum atomic E-state index is -1.48. The summed E-state index contributed by atoms with van der Waals surface area (Å²) in [5.74, 6) is -0.698. The van der Waals surface area contributed by atoms with E-state index in [1.807, 2.05) is 30.3 Å². The van der Waals surface area contributed by atoms with E-state index in [0.717, 1.165) is 16.9 Å². The van der Waals surface area contributed by atoms with Gasteiger partial charge < -0.3 is 19.6 Å². The van der Waals surface area contributed by atoms with Gasteiger partial charge in [0, 0.05) is 17.1 Å². The molecule has 24 heavy (non-hydrogen) atoms. The number of benzene rings is 2. The van der Waals surface area contributed by atoms with Gasteiger partial charge in [0.15, 0.2) is 5.43 Å². The fourth-order valence-corrected chi connectivity index (χ4v) is 2.51. The van der Waals surface area contributed by atoms with Crippen LogP contribution in [0.5, 0.6) is 5.75 Å². The maximum Gasteiger partial charge on any atom is 1.00 e. The van der Waals surface area contributed by atoms with Gasteiger partial charge in [-0.25, -0.2) is 0 Å². The summed E-state index contributed by atoms with van der Waals surface area (Å²) in [6.45, 7) is 0. The van der Waals surface area contributed by atoms with Crippen LogP contribution in [0.4, 0.5) is 0 Å². The molecule has 0 spiro atoms. The Balaban J connectivity index is 0.00000208. The molecule has 3 rings (SSSR count). The molecule has 116 valence electrons. The number of rotatable bonds is 4. The van der Waals surface area contributed by atoms with Gasteiger partial charge in [-0.2, -0.15) is 0 Å². The fraction of sp³-hybridized carbons (Fsp3) is 0.111. The van der Waals surface area contributed by atoms with Crippen molar-refractivity contribution in [3.63, 3.8) is 0 Å². The first-order chi connectivity index (χ1) is 11.1. The number of fused-ring (bicyclic) bond motifs is 1. The zero-order valence-corrected chi connectivity index (χ0v) is 15.5. The Kier molecular flexibility index (Phi) is 5.83. The molecule has 0 radical (unpaired) electrons. The Labute approximate surface area is 160 Å². The molecule has 3 aromatic rings. The molecule has 0 aliphatic carbocycles. The standard InChI is InChI=1S/C18H15NO4.Na/c1-23-13-5-2-11(3-6-13)8-12-4-7-16-14(9-12)17(20)15(10-19-16)18(21)22;/h2-7,9-10H,8H2,1H3,(H,19,20)(H,21,22);/q;+1/p-1. The first-order valence-electron chi connectivity index (χ1n) is 7.07. The first kappa shape index (κ1) is 18.3. The molecular formula is C18H14NNaO4. The number of nitrogens with one attached hydrogen (secondary N) is 1. The molecule has 5 nitrogen and oxygen atoms in total. The summed E-state index contributed by atoms with van der Waals surface area (Å²) in [7, 11) is 1.61. The maximum atomic E-state index is 12.2. The van der Waals surface area contributed by atoms with Crippen LogP contribution < -0.4 is 44.8 Å². The Hall–Kier alpha value is -2.08. The van der Waals surface area contributed by atoms with Crippen molar-refractivity contribution in [1.29, 1.82) is 0 Å². The van der Waals surface area contributed by atoms with Gasteiger partial charge in [0.25, 0.3) is 0 Å². The van der Waals surface area contributed by atoms with Crippen LogP contribution in [-0.2, 0) is 6.42 Å². The Bertz CT molecular complexity index is 932. The van der Waals surface area contributed by atoms with E-state index in [4.69, 9.17) is 4.74 Å². The number of aromatic carboxylic acids is 1. The Morgan fingerprint density at radius 1 is 1.12 bits per heavy atom. The number of carboxylic acid groups (broad SMARTS) is 1. The molecule has 0 saturated heterocycles. The molecule has 0 aliphatic heterocycles. The summed E-state index contributed by atoms with van der Waals surface area (Å²) in [6.07, 6.45) is 1.80. The van der Waals surface area contributed by atoms with Gasteiger partial charge in [0.1, 0.15) is 5.75 Å². The van der Waals surface area contributed by atoms with E-state index in [-0.39, 0.29) is 35.1 Å². The summed E-state index contributed by atoms with van der Waals surface area (Å²) in [5.41, 5.74) is 1.69. The van der Waals surface area contributed by atoms with Gasteiger partial charge in [-0.1, -0.05) is 18.2 Å². The number of H-pyrrole nitrogens is 1. The number of methoxy groups -OCH3 is 1. The van der Waals surface area contributed by atoms with E-state index >= 15 is 0 Å². The predicted molar refractivity (Wildman–Crippen MR) is 84.7 cm³/mol. The molecule has 1 heterocycles. The van der Waals surface area contributed by atoms with Crippen molar-refractivity contribution < 1.29 is 44.2 Å². The van der Waals surface area contributed by atoms with Crippen molar-refractivity contribution in [1.82, 2.24) is 4.98 Å². The molecule has 0 saturated carbocycles. The van der Waals surface area contributed by atoms with Crippen LogP contribution in [0.2, 0.25) is 0 Å². The third-order valence-electron chi connectivity index (χ3n) is 3.73. The molecule has 0 atom stereocenters. The number of aromatic amines is 1. The molecule has 0 amide bonds. The molecule has 2 aromatic carbocycles. The second-order valence-corrected chi connectivity index (χ2v) is 5.22. The molecule has 1 N–H and O–H groups in total. The number of pyridine rings is 1. The average Bonchev–Trinajstić information content (AvgIpc) is 2.56. The maximum absolute atomic E-state index is 12.2. The van der Waals surface area contributed by atoms with Crippen molar-refractivity contribution in [2.45, 2.75) is 6.42 Å². The molecule has 0 bridgehead atoms. The minimum absolute atomic E-state index is 0. The number of hydrogen-bond donors (Lipinski definition) is 1. The van der Waals surface area contributed by atoms with Gasteiger partial charge >= 0.3 is 29.6 Å². The zero-order valence-electron chi connectivity index (χ0n) is 13.5. The van der Waals surface area contributed by atoms with Crippen LogP contribution in [-0.4, -0.2) is 18.1 Å². The second kappa shape index (κ2) is 7.66. The summed E-state index contributed by atoms with van der Waals surface area (Å²) in [4.78, 5) is 26.0. The number of carbonyl (C=O) groups is 1. The van der Waals surface area contributed by atoms with Gasteiger partial charge in [-0.15, -0.1) is 0 Å². The van der Waals surface area contributed by atoms with E-state index < -0.39 is 11.4 Å². The predicted octanol–water partition coefficient (Wildman–Crippen LogP) is -1.50. The summed E-state index contributed by atoms with van der Waals surface area (Å²) >= 11 is 0. The van der Waals surface area contributed by atoms with Crippen molar-refractivity contribution >= 4 is 16.9 Å². The van der Waals surface area contributed by atoms with Gasteiger partial charge in [-0.05, 0) is 41.8 Å². The van der Waals surface area contributed by atoms with E-state index in [9.17, 15) is 14.7 Å². The molecule has 1 aromatic heterocycles. The largest absolute Gasteiger partial charge is 1.00 e. The van der Waals surface area contributed by atoms with E-state index in [0.29, 0.717) is 17.3 Å². The van der Waals surface area contributed by atoms with E-state index in [1.165, 1.54) is 6.20 Å². The zero-order chi connectivity index (χ0) is 16.4. The van der Waals surface area contributed by atoms with Crippen LogP contribution >= 0.6 is 0 Å². The molecular weight excluding hydrogens is 317 g/mol. The number of aromatic nitrogens is 1. The Morgan fingerprint density at radius 3 is 2.42 bits per heavy atom. The van der Waals surface area contributed by atoms with Crippen molar-refractivity contribution in [2.75, 3.05) is 7.11 Å². The number of hydrogen-bond acceptors (Lipinski definition) is 4. The fourth-order valence-electron chi connectivity index (χ4n) is 2.51. The van der Waals surface area contributed by atoms with E-state index in [1.54, 1.807) is 19.2 Å². The molecule has 0 unspecified atom stereocenters. The second-order valence-electron chi connectivity index (χ2n) is 5.22. The third-order valence-corrected chi connectivity index (χ3v) is 3.73. The monoisotopic (exact) mass is 331 g/mol. The van der Waals surface area contributed by atoms with Gasteiger partial charge in [-0.3, -0.25) is 4.79 Å². The minimum Gasteiger partial charge on any atom is -0.545 e. The number of ether oxygens (including phenoxy) is 1. The van der Waals surface area contributed by atoms with Crippen LogP contribution in [0.25, 0.3) is 10.9 Å². The number of carbonyl (C=O) groups excluding carboxylic acids is 1.